The third-order valence-corrected chi connectivity index (χ3v) is 5.59. The normalized spacial score (nSPS) is 15.5. The van der Waals surface area contributed by atoms with Crippen LogP contribution in [0.15, 0.2) is 48.5 Å². The van der Waals surface area contributed by atoms with E-state index in [1.807, 2.05) is 49.1 Å². The van der Waals surface area contributed by atoms with Gasteiger partial charge in [-0.1, -0.05) is 38.1 Å². The number of anilines is 1. The predicted octanol–water partition coefficient (Wildman–Crippen LogP) is 3.58. The number of para-hydroxylation sites is 3. The summed E-state index contributed by atoms with van der Waals surface area (Å²) in [6.07, 6.45) is 0.217. The molecule has 0 radical (unpaired) electrons. The van der Waals surface area contributed by atoms with Gasteiger partial charge in [0.05, 0.1) is 16.6 Å². The zero-order valence-electron chi connectivity index (χ0n) is 17.9. The van der Waals surface area contributed by atoms with Crippen molar-refractivity contribution in [2.75, 3.05) is 31.1 Å². The molecule has 3 aromatic rings. The molecule has 31 heavy (non-hydrogen) atoms. The van der Waals surface area contributed by atoms with Gasteiger partial charge in [-0.05, 0) is 36.6 Å². The van der Waals surface area contributed by atoms with Gasteiger partial charge in [0.15, 0.2) is 6.10 Å². The number of aromatic nitrogens is 2. The van der Waals surface area contributed by atoms with E-state index in [0.29, 0.717) is 30.9 Å². The second-order valence-electron chi connectivity index (χ2n) is 8.13. The summed E-state index contributed by atoms with van der Waals surface area (Å²) in [5.41, 5.74) is 2.39. The Balaban J connectivity index is 1.46. The first-order chi connectivity index (χ1) is 15.1. The zero-order chi connectivity index (χ0) is 21.8. The minimum absolute atomic E-state index is 0.0195. The van der Waals surface area contributed by atoms with Gasteiger partial charge in [-0.25, -0.2) is 4.98 Å². The summed E-state index contributed by atoms with van der Waals surface area (Å²) in [7, 11) is 0. The number of H-pyrrole nitrogens is 1. The van der Waals surface area contributed by atoms with E-state index in [1.165, 1.54) is 0 Å². The van der Waals surface area contributed by atoms with Crippen LogP contribution < -0.4 is 9.64 Å². The van der Waals surface area contributed by atoms with E-state index in [0.717, 1.165) is 29.9 Å². The Morgan fingerprint density at radius 3 is 2.65 bits per heavy atom. The Kier molecular flexibility index (Phi) is 6.08. The molecule has 1 aliphatic heterocycles. The molecule has 1 atom stereocenters. The van der Waals surface area contributed by atoms with E-state index in [9.17, 15) is 10.1 Å². The Bertz CT molecular complexity index is 1070. The molecule has 0 spiro atoms. The highest BCUT2D eigenvalue weighted by atomic mass is 16.5. The molecular weight excluding hydrogens is 390 g/mol. The molecule has 2 aromatic carbocycles. The van der Waals surface area contributed by atoms with Gasteiger partial charge in [-0.3, -0.25) is 4.79 Å². The van der Waals surface area contributed by atoms with Gasteiger partial charge in [0.2, 0.25) is 5.95 Å². The smallest absolute Gasteiger partial charge is 0.263 e. The lowest BCUT2D eigenvalue weighted by Gasteiger charge is -2.29. The van der Waals surface area contributed by atoms with Crippen molar-refractivity contribution < 1.29 is 9.53 Å². The number of fused-ring (bicyclic) bond motifs is 1. The number of carbonyl (C=O) groups is 1. The predicted molar refractivity (Wildman–Crippen MR) is 120 cm³/mol. The maximum Gasteiger partial charge on any atom is 0.263 e. The number of benzene rings is 2. The van der Waals surface area contributed by atoms with Gasteiger partial charge >= 0.3 is 0 Å². The van der Waals surface area contributed by atoms with Crippen LogP contribution in [-0.4, -0.2) is 53.1 Å². The van der Waals surface area contributed by atoms with Crippen LogP contribution in [0.25, 0.3) is 11.0 Å². The van der Waals surface area contributed by atoms with Crippen LogP contribution in [0.4, 0.5) is 5.95 Å². The summed E-state index contributed by atoms with van der Waals surface area (Å²) < 4.78 is 6.06. The minimum atomic E-state index is -0.632. The van der Waals surface area contributed by atoms with E-state index in [4.69, 9.17) is 9.72 Å². The van der Waals surface area contributed by atoms with Crippen molar-refractivity contribution in [2.24, 2.45) is 5.92 Å². The molecule has 2 heterocycles. The molecule has 7 nitrogen and oxygen atoms in total. The van der Waals surface area contributed by atoms with Crippen LogP contribution in [0.5, 0.6) is 5.75 Å². The SMILES string of the molecule is CC(C)C(Oc1ccccc1C#N)C(=O)N1CCCN(c2nc3ccccc3[nH]2)CC1. The number of imidazole rings is 1. The number of nitrogens with one attached hydrogen (secondary N) is 1. The van der Waals surface area contributed by atoms with Crippen LogP contribution in [0.1, 0.15) is 25.8 Å². The minimum Gasteiger partial charge on any atom is -0.479 e. The molecular formula is C24H27N5O2. The second kappa shape index (κ2) is 9.09. The fourth-order valence-electron chi connectivity index (χ4n) is 3.89. The highest BCUT2D eigenvalue weighted by Gasteiger charge is 2.31. The van der Waals surface area contributed by atoms with Crippen LogP contribution >= 0.6 is 0 Å². The Morgan fingerprint density at radius 1 is 1.10 bits per heavy atom. The number of rotatable bonds is 5. The van der Waals surface area contributed by atoms with Crippen molar-refractivity contribution in [3.8, 4) is 11.8 Å². The van der Waals surface area contributed by atoms with Crippen molar-refractivity contribution in [3.05, 3.63) is 54.1 Å². The van der Waals surface area contributed by atoms with Crippen molar-refractivity contribution >= 4 is 22.9 Å². The summed E-state index contributed by atoms with van der Waals surface area (Å²) in [4.78, 5) is 25.5. The van der Waals surface area contributed by atoms with Crippen LogP contribution in [0.3, 0.4) is 0 Å². The highest BCUT2D eigenvalue weighted by molar-refractivity contribution is 5.82. The molecule has 1 aromatic heterocycles. The lowest BCUT2D eigenvalue weighted by molar-refractivity contribution is -0.140. The first kappa shape index (κ1) is 20.7. The van der Waals surface area contributed by atoms with Gasteiger partial charge in [0.25, 0.3) is 5.91 Å². The molecule has 0 aliphatic carbocycles. The molecule has 4 rings (SSSR count). The number of hydrogen-bond acceptors (Lipinski definition) is 5. The number of nitriles is 1. The molecule has 1 unspecified atom stereocenters. The van der Waals surface area contributed by atoms with Gasteiger partial charge in [0, 0.05) is 26.2 Å². The van der Waals surface area contributed by atoms with Crippen LogP contribution in [-0.2, 0) is 4.79 Å². The number of nitrogens with zero attached hydrogens (tertiary/aromatic N) is 4. The van der Waals surface area contributed by atoms with Crippen LogP contribution in [0, 0.1) is 17.2 Å². The van der Waals surface area contributed by atoms with E-state index in [2.05, 4.69) is 16.0 Å². The quantitative estimate of drug-likeness (QED) is 0.686. The summed E-state index contributed by atoms with van der Waals surface area (Å²) in [6.45, 7) is 6.73. The standard InChI is InChI=1S/C24H27N5O2/c1-17(2)22(31-21-11-6-3-8-18(21)16-25)23(30)28-12-7-13-29(15-14-28)24-26-19-9-4-5-10-20(19)27-24/h3-6,8-11,17,22H,7,12-15H2,1-2H3,(H,26,27). The van der Waals surface area contributed by atoms with Gasteiger partial charge in [0.1, 0.15) is 11.8 Å². The molecule has 1 saturated heterocycles. The Hall–Kier alpha value is -3.53. The van der Waals surface area contributed by atoms with E-state index >= 15 is 0 Å². The van der Waals surface area contributed by atoms with E-state index < -0.39 is 6.10 Å². The maximum absolute atomic E-state index is 13.4. The molecule has 1 aliphatic rings. The molecule has 1 N–H and O–H groups in total. The lowest BCUT2D eigenvalue weighted by Crippen LogP contribution is -2.46. The first-order valence-electron chi connectivity index (χ1n) is 10.7. The monoisotopic (exact) mass is 417 g/mol. The second-order valence-corrected chi connectivity index (χ2v) is 8.13. The maximum atomic E-state index is 13.4. The highest BCUT2D eigenvalue weighted by Crippen LogP contribution is 2.23. The van der Waals surface area contributed by atoms with Gasteiger partial charge < -0.3 is 19.5 Å². The molecule has 0 bridgehead atoms. The molecule has 1 fully saturated rings. The average molecular weight is 418 g/mol. The largest absolute Gasteiger partial charge is 0.479 e. The number of carbonyl (C=O) groups excluding carboxylic acids is 1. The fraction of sp³-hybridized carbons (Fsp3) is 0.375. The van der Waals surface area contributed by atoms with Crippen molar-refractivity contribution in [2.45, 2.75) is 26.4 Å². The molecule has 160 valence electrons. The van der Waals surface area contributed by atoms with Crippen molar-refractivity contribution in [1.29, 1.82) is 5.26 Å². The summed E-state index contributed by atoms with van der Waals surface area (Å²) in [5, 5.41) is 9.34. The zero-order valence-corrected chi connectivity index (χ0v) is 17.9. The number of aromatic amines is 1. The average Bonchev–Trinajstić information content (AvgIpc) is 3.06. The number of amides is 1. The van der Waals surface area contributed by atoms with Gasteiger partial charge in [-0.2, -0.15) is 5.26 Å². The summed E-state index contributed by atoms with van der Waals surface area (Å²) >= 11 is 0. The fourth-order valence-corrected chi connectivity index (χ4v) is 3.89. The topological polar surface area (TPSA) is 85.2 Å². The van der Waals surface area contributed by atoms with E-state index in [-0.39, 0.29) is 11.8 Å². The lowest BCUT2D eigenvalue weighted by atomic mass is 10.1. The third kappa shape index (κ3) is 4.48. The number of ether oxygens (including phenoxy) is 1. The summed E-state index contributed by atoms with van der Waals surface area (Å²) in [5.74, 6) is 1.24. The molecule has 0 saturated carbocycles. The summed E-state index contributed by atoms with van der Waals surface area (Å²) in [6, 6.07) is 17.2. The third-order valence-electron chi connectivity index (χ3n) is 5.59. The van der Waals surface area contributed by atoms with Crippen LogP contribution in [0.2, 0.25) is 0 Å². The Labute approximate surface area is 182 Å². The van der Waals surface area contributed by atoms with Crippen molar-refractivity contribution in [3.63, 3.8) is 0 Å². The number of hydrogen-bond donors (Lipinski definition) is 1. The van der Waals surface area contributed by atoms with Crippen molar-refractivity contribution in [1.82, 2.24) is 14.9 Å². The Morgan fingerprint density at radius 2 is 1.87 bits per heavy atom. The molecule has 1 amide bonds. The molecule has 7 heteroatoms. The van der Waals surface area contributed by atoms with E-state index in [1.54, 1.807) is 18.2 Å². The first-order valence-corrected chi connectivity index (χ1v) is 10.7. The van der Waals surface area contributed by atoms with Gasteiger partial charge in [-0.15, -0.1) is 0 Å².